The number of halogens is 1. The Morgan fingerprint density at radius 2 is 2.00 bits per heavy atom. The van der Waals surface area contributed by atoms with E-state index in [0.717, 1.165) is 37.7 Å². The zero-order valence-corrected chi connectivity index (χ0v) is 12.4. The standard InChI is InChI=1S/C12H16FN3O2S2/c13-9-6-10(8-15-7-9)20(17,18)16-12(11(14)19)4-2-1-3-5-12/h6-8,16H,1-5H2,(H2,14,19). The van der Waals surface area contributed by atoms with Gasteiger partial charge in [-0.05, 0) is 18.9 Å². The first-order valence-corrected chi connectivity index (χ1v) is 8.19. The van der Waals surface area contributed by atoms with Gasteiger partial charge < -0.3 is 5.73 Å². The minimum absolute atomic E-state index is 0.130. The van der Waals surface area contributed by atoms with Crippen LogP contribution < -0.4 is 10.5 Å². The molecule has 0 atom stereocenters. The molecule has 1 fully saturated rings. The van der Waals surface area contributed by atoms with Crippen molar-refractivity contribution < 1.29 is 12.8 Å². The Kier molecular flexibility index (Phi) is 4.36. The highest BCUT2D eigenvalue weighted by molar-refractivity contribution is 7.89. The molecular formula is C12H16FN3O2S2. The van der Waals surface area contributed by atoms with Crippen LogP contribution in [0.4, 0.5) is 4.39 Å². The minimum Gasteiger partial charge on any atom is -0.392 e. The third kappa shape index (κ3) is 3.13. The van der Waals surface area contributed by atoms with Crippen molar-refractivity contribution in [3.8, 4) is 0 Å². The lowest BCUT2D eigenvalue weighted by Crippen LogP contribution is -2.57. The van der Waals surface area contributed by atoms with Crippen molar-refractivity contribution in [1.82, 2.24) is 9.71 Å². The van der Waals surface area contributed by atoms with Gasteiger partial charge in [-0.25, -0.2) is 12.8 Å². The highest BCUT2D eigenvalue weighted by Gasteiger charge is 2.39. The van der Waals surface area contributed by atoms with Gasteiger partial charge in [0.1, 0.15) is 10.7 Å². The number of pyridine rings is 1. The molecule has 5 nitrogen and oxygen atoms in total. The van der Waals surface area contributed by atoms with Gasteiger partial charge in [-0.2, -0.15) is 4.72 Å². The van der Waals surface area contributed by atoms with Crippen LogP contribution in [0.2, 0.25) is 0 Å². The smallest absolute Gasteiger partial charge is 0.243 e. The van der Waals surface area contributed by atoms with E-state index in [9.17, 15) is 12.8 Å². The van der Waals surface area contributed by atoms with E-state index in [4.69, 9.17) is 18.0 Å². The monoisotopic (exact) mass is 317 g/mol. The van der Waals surface area contributed by atoms with Crippen molar-refractivity contribution in [3.05, 3.63) is 24.3 Å². The van der Waals surface area contributed by atoms with E-state index in [1.807, 2.05) is 0 Å². The van der Waals surface area contributed by atoms with Crippen LogP contribution in [0.3, 0.4) is 0 Å². The molecule has 1 aromatic heterocycles. The summed E-state index contributed by atoms with van der Waals surface area (Å²) >= 11 is 5.03. The topological polar surface area (TPSA) is 85.1 Å². The second-order valence-electron chi connectivity index (χ2n) is 4.95. The molecule has 110 valence electrons. The first-order chi connectivity index (χ1) is 9.36. The predicted octanol–water partition coefficient (Wildman–Crippen LogP) is 1.49. The summed E-state index contributed by atoms with van der Waals surface area (Å²) in [6, 6.07) is 0.922. The summed E-state index contributed by atoms with van der Waals surface area (Å²) in [5.74, 6) is -0.708. The number of sulfonamides is 1. The van der Waals surface area contributed by atoms with Crippen LogP contribution >= 0.6 is 12.2 Å². The molecule has 1 saturated carbocycles. The van der Waals surface area contributed by atoms with Crippen LogP contribution in [0.15, 0.2) is 23.4 Å². The quantitative estimate of drug-likeness (QED) is 0.822. The molecule has 3 N–H and O–H groups in total. The molecule has 0 aromatic carbocycles. The number of rotatable bonds is 4. The van der Waals surface area contributed by atoms with E-state index in [1.54, 1.807) is 0 Å². The molecule has 1 aromatic rings. The lowest BCUT2D eigenvalue weighted by Gasteiger charge is -2.36. The van der Waals surface area contributed by atoms with E-state index in [-0.39, 0.29) is 9.88 Å². The molecule has 0 radical (unpaired) electrons. The summed E-state index contributed by atoms with van der Waals surface area (Å²) in [7, 11) is -3.91. The van der Waals surface area contributed by atoms with Gasteiger partial charge in [0.25, 0.3) is 0 Å². The predicted molar refractivity (Wildman–Crippen MR) is 77.1 cm³/mol. The van der Waals surface area contributed by atoms with E-state index in [0.29, 0.717) is 12.8 Å². The van der Waals surface area contributed by atoms with Crippen molar-refractivity contribution in [2.45, 2.75) is 42.5 Å². The molecule has 0 saturated heterocycles. The van der Waals surface area contributed by atoms with Gasteiger partial charge >= 0.3 is 0 Å². The molecule has 1 aliphatic carbocycles. The molecule has 0 bridgehead atoms. The van der Waals surface area contributed by atoms with Crippen LogP contribution in [0.25, 0.3) is 0 Å². The Balaban J connectivity index is 2.32. The van der Waals surface area contributed by atoms with Gasteiger partial charge in [0.05, 0.1) is 16.7 Å². The van der Waals surface area contributed by atoms with Crippen molar-refractivity contribution in [2.24, 2.45) is 5.73 Å². The Morgan fingerprint density at radius 3 is 2.55 bits per heavy atom. The molecule has 0 unspecified atom stereocenters. The number of aromatic nitrogens is 1. The highest BCUT2D eigenvalue weighted by Crippen LogP contribution is 2.30. The number of nitrogens with one attached hydrogen (secondary N) is 1. The number of hydrogen-bond acceptors (Lipinski definition) is 4. The fraction of sp³-hybridized carbons (Fsp3) is 0.500. The van der Waals surface area contributed by atoms with E-state index in [1.165, 1.54) is 0 Å². The maximum Gasteiger partial charge on any atom is 0.243 e. The SMILES string of the molecule is NC(=S)C1(NS(=O)(=O)c2cncc(F)c2)CCCCC1. The Morgan fingerprint density at radius 1 is 1.35 bits per heavy atom. The van der Waals surface area contributed by atoms with Crippen molar-refractivity contribution in [2.75, 3.05) is 0 Å². The van der Waals surface area contributed by atoms with Crippen LogP contribution in [-0.2, 0) is 10.0 Å². The maximum atomic E-state index is 13.1. The fourth-order valence-corrected chi connectivity index (χ4v) is 4.14. The average Bonchev–Trinajstić information content (AvgIpc) is 2.39. The van der Waals surface area contributed by atoms with Gasteiger partial charge in [0.2, 0.25) is 10.0 Å². The second-order valence-corrected chi connectivity index (χ2v) is 7.07. The summed E-state index contributed by atoms with van der Waals surface area (Å²) in [6.45, 7) is 0. The normalized spacial score (nSPS) is 18.6. The van der Waals surface area contributed by atoms with Crippen LogP contribution in [0.1, 0.15) is 32.1 Å². The number of nitrogens with zero attached hydrogens (tertiary/aromatic N) is 1. The zero-order chi connectivity index (χ0) is 14.8. The van der Waals surface area contributed by atoms with E-state index >= 15 is 0 Å². The Labute approximate surface area is 122 Å². The summed E-state index contributed by atoms with van der Waals surface area (Å²) in [4.78, 5) is 3.46. The molecule has 20 heavy (non-hydrogen) atoms. The fourth-order valence-electron chi connectivity index (χ4n) is 2.41. The summed E-state index contributed by atoms with van der Waals surface area (Å²) in [5.41, 5.74) is 4.81. The molecular weight excluding hydrogens is 301 g/mol. The van der Waals surface area contributed by atoms with Crippen molar-refractivity contribution in [3.63, 3.8) is 0 Å². The van der Waals surface area contributed by atoms with Gasteiger partial charge in [0, 0.05) is 6.20 Å². The molecule has 0 aliphatic heterocycles. The molecule has 1 heterocycles. The third-order valence-corrected chi connectivity index (χ3v) is 5.39. The van der Waals surface area contributed by atoms with Gasteiger partial charge in [-0.15, -0.1) is 0 Å². The van der Waals surface area contributed by atoms with E-state index in [2.05, 4.69) is 9.71 Å². The maximum absolute atomic E-state index is 13.1. The van der Waals surface area contributed by atoms with Crippen LogP contribution in [0, 0.1) is 5.82 Å². The van der Waals surface area contributed by atoms with Crippen LogP contribution in [0.5, 0.6) is 0 Å². The molecule has 1 aliphatic rings. The lowest BCUT2D eigenvalue weighted by molar-refractivity contribution is 0.353. The van der Waals surface area contributed by atoms with Crippen LogP contribution in [-0.4, -0.2) is 23.9 Å². The Hall–Kier alpha value is -1.12. The van der Waals surface area contributed by atoms with Gasteiger partial charge in [0.15, 0.2) is 0 Å². The average molecular weight is 317 g/mol. The first kappa shape index (κ1) is 15.3. The molecule has 0 spiro atoms. The third-order valence-electron chi connectivity index (χ3n) is 3.50. The van der Waals surface area contributed by atoms with Gasteiger partial charge in [-0.3, -0.25) is 4.98 Å². The summed E-state index contributed by atoms with van der Waals surface area (Å²) in [5, 5.41) is 0. The van der Waals surface area contributed by atoms with Crippen molar-refractivity contribution >= 4 is 27.2 Å². The van der Waals surface area contributed by atoms with Gasteiger partial charge in [-0.1, -0.05) is 31.5 Å². The molecule has 2 rings (SSSR count). The second kappa shape index (κ2) is 5.71. The van der Waals surface area contributed by atoms with E-state index < -0.39 is 21.4 Å². The number of thiocarbonyl (C=S) groups is 1. The zero-order valence-electron chi connectivity index (χ0n) is 10.8. The minimum atomic E-state index is -3.91. The lowest BCUT2D eigenvalue weighted by atomic mass is 9.82. The Bertz CT molecular complexity index is 613. The summed E-state index contributed by atoms with van der Waals surface area (Å²) in [6.07, 6.45) is 5.88. The largest absolute Gasteiger partial charge is 0.392 e. The molecule has 0 amide bonds. The van der Waals surface area contributed by atoms with Crippen molar-refractivity contribution in [1.29, 1.82) is 0 Å². The first-order valence-electron chi connectivity index (χ1n) is 6.30. The summed E-state index contributed by atoms with van der Waals surface area (Å²) < 4.78 is 40.3. The number of hydrogen-bond donors (Lipinski definition) is 2. The molecule has 8 heteroatoms. The number of nitrogens with two attached hydrogens (primary N) is 1. The highest BCUT2D eigenvalue weighted by atomic mass is 32.2.